The fraction of sp³-hybridized carbons (Fsp3) is 0.833. The van der Waals surface area contributed by atoms with Gasteiger partial charge < -0.3 is 0 Å². The summed E-state index contributed by atoms with van der Waals surface area (Å²) >= 11 is 0.786. The molecule has 0 rings (SSSR count). The fourth-order valence-corrected chi connectivity index (χ4v) is 3.39. The Balaban J connectivity index is 3.67. The summed E-state index contributed by atoms with van der Waals surface area (Å²) in [6.45, 7) is 9.20. The zero-order chi connectivity index (χ0) is 10.1. The molecule has 0 unspecified atom stereocenters. The average molecular weight is 247 g/mol. The first-order valence-corrected chi connectivity index (χ1v) is 7.58. The molecule has 0 spiro atoms. The molecule has 0 aromatic rings. The Hall–Kier alpha value is 0.259. The molecule has 1 heteroatoms. The van der Waals surface area contributed by atoms with E-state index in [4.69, 9.17) is 0 Å². The van der Waals surface area contributed by atoms with Crippen molar-refractivity contribution < 1.29 is 0 Å². The third kappa shape index (κ3) is 7.34. The number of unbranched alkanes of at least 4 members (excludes halogenated alkanes) is 2. The Kier molecular flexibility index (Phi) is 9.02. The molecule has 0 aliphatic heterocycles. The van der Waals surface area contributed by atoms with Crippen LogP contribution in [0.4, 0.5) is 0 Å². The van der Waals surface area contributed by atoms with E-state index >= 15 is 0 Å². The summed E-state index contributed by atoms with van der Waals surface area (Å²) in [4.78, 5) is 0. The summed E-state index contributed by atoms with van der Waals surface area (Å²) in [7, 11) is 0. The van der Waals surface area contributed by atoms with Crippen molar-refractivity contribution in [2.45, 2.75) is 65.1 Å². The van der Waals surface area contributed by atoms with Gasteiger partial charge in [0.15, 0.2) is 0 Å². The van der Waals surface area contributed by atoms with Crippen LogP contribution in [0, 0.1) is 0 Å². The van der Waals surface area contributed by atoms with Crippen molar-refractivity contribution in [2.24, 2.45) is 0 Å². The predicted molar refractivity (Wildman–Crippen MR) is 63.4 cm³/mol. The summed E-state index contributed by atoms with van der Waals surface area (Å²) in [6, 6.07) is 0. The maximum absolute atomic E-state index is 2.33. The van der Waals surface area contributed by atoms with Crippen molar-refractivity contribution in [3.63, 3.8) is 0 Å². The molecule has 0 saturated carbocycles. The summed E-state index contributed by atoms with van der Waals surface area (Å²) in [6.07, 6.45) is 6.79. The van der Waals surface area contributed by atoms with Crippen LogP contribution >= 0.6 is 0 Å². The van der Waals surface area contributed by atoms with Gasteiger partial charge in [-0.25, -0.2) is 0 Å². The number of hydrogen-bond acceptors (Lipinski definition) is 0. The van der Waals surface area contributed by atoms with Crippen LogP contribution in [-0.2, 0) is 0 Å². The Labute approximate surface area is 90.3 Å². The van der Waals surface area contributed by atoms with Gasteiger partial charge in [0.05, 0.1) is 0 Å². The number of hydrogen-bond donors (Lipinski definition) is 0. The van der Waals surface area contributed by atoms with Gasteiger partial charge in [0.25, 0.3) is 0 Å². The molecule has 0 aromatic carbocycles. The second-order valence-corrected chi connectivity index (χ2v) is 6.39. The van der Waals surface area contributed by atoms with Gasteiger partial charge in [-0.3, -0.25) is 0 Å². The predicted octanol–water partition coefficient (Wildman–Crippen LogP) is 4.39. The van der Waals surface area contributed by atoms with Crippen molar-refractivity contribution in [3.8, 4) is 0 Å². The first kappa shape index (κ1) is 13.3. The molecule has 0 bridgehead atoms. The zero-order valence-electron chi connectivity index (χ0n) is 9.65. The van der Waals surface area contributed by atoms with Crippen LogP contribution in [0.25, 0.3) is 0 Å². The Bertz CT molecular complexity index is 147. The normalized spacial score (nSPS) is 12.9. The van der Waals surface area contributed by atoms with Gasteiger partial charge in [-0.15, -0.1) is 0 Å². The van der Waals surface area contributed by atoms with Gasteiger partial charge >= 0.3 is 90.1 Å². The quantitative estimate of drug-likeness (QED) is 0.462. The minimum atomic E-state index is 0.786. The van der Waals surface area contributed by atoms with Crippen LogP contribution in [0.15, 0.2) is 10.0 Å². The molecule has 0 atom stereocenters. The van der Waals surface area contributed by atoms with Gasteiger partial charge in [-0.2, -0.15) is 0 Å². The monoisotopic (exact) mass is 248 g/mol. The van der Waals surface area contributed by atoms with Crippen molar-refractivity contribution in [1.82, 2.24) is 0 Å². The van der Waals surface area contributed by atoms with E-state index in [1.807, 2.05) is 0 Å². The molecule has 0 aliphatic rings. The van der Waals surface area contributed by atoms with E-state index in [-0.39, 0.29) is 0 Å². The minimum absolute atomic E-state index is 0.786. The molecule has 78 valence electrons. The van der Waals surface area contributed by atoms with E-state index in [1.165, 1.54) is 37.4 Å². The molecule has 0 heterocycles. The number of rotatable bonds is 7. The third-order valence-corrected chi connectivity index (χ3v) is 5.00. The summed E-state index contributed by atoms with van der Waals surface area (Å²) in [5, 5.41) is 1.44. The standard InChI is InChI=1S/C12H24Se/c1-5-7-9-11(3)12(4)13-10-8-6-2/h5-10H2,1-4H3/b12-11+. The van der Waals surface area contributed by atoms with Crippen LogP contribution in [0.3, 0.4) is 0 Å². The van der Waals surface area contributed by atoms with E-state index < -0.39 is 0 Å². The number of allylic oxidation sites excluding steroid dienone is 2. The van der Waals surface area contributed by atoms with Gasteiger partial charge in [0.1, 0.15) is 0 Å². The molecule has 0 saturated heterocycles. The molecule has 13 heavy (non-hydrogen) atoms. The van der Waals surface area contributed by atoms with Crippen molar-refractivity contribution in [3.05, 3.63) is 10.0 Å². The van der Waals surface area contributed by atoms with E-state index in [2.05, 4.69) is 27.7 Å². The molecule has 0 fully saturated rings. The van der Waals surface area contributed by atoms with Crippen molar-refractivity contribution >= 4 is 15.0 Å². The molecule has 0 N–H and O–H groups in total. The molecule has 0 aliphatic carbocycles. The average Bonchev–Trinajstić information content (AvgIpc) is 2.14. The Morgan fingerprint density at radius 2 is 1.62 bits per heavy atom. The van der Waals surface area contributed by atoms with E-state index in [0.29, 0.717) is 0 Å². The zero-order valence-corrected chi connectivity index (χ0v) is 11.4. The second-order valence-electron chi connectivity index (χ2n) is 3.64. The second kappa shape index (κ2) is 8.84. The van der Waals surface area contributed by atoms with Gasteiger partial charge in [-0.1, -0.05) is 0 Å². The third-order valence-electron chi connectivity index (χ3n) is 2.32. The van der Waals surface area contributed by atoms with Crippen LogP contribution in [0.1, 0.15) is 59.8 Å². The van der Waals surface area contributed by atoms with E-state index in [1.54, 1.807) is 10.0 Å². The summed E-state index contributed by atoms with van der Waals surface area (Å²) < 4.78 is 1.70. The fourth-order valence-electron chi connectivity index (χ4n) is 1.11. The van der Waals surface area contributed by atoms with Crippen LogP contribution in [0.5, 0.6) is 0 Å². The first-order chi connectivity index (χ1) is 6.22. The van der Waals surface area contributed by atoms with E-state index in [9.17, 15) is 0 Å². The molecular formula is C12H24Se. The molecule has 0 nitrogen and oxygen atoms in total. The first-order valence-electron chi connectivity index (χ1n) is 5.51. The van der Waals surface area contributed by atoms with Crippen LogP contribution in [0.2, 0.25) is 5.32 Å². The van der Waals surface area contributed by atoms with Crippen LogP contribution in [-0.4, -0.2) is 15.0 Å². The molecule has 0 radical (unpaired) electrons. The van der Waals surface area contributed by atoms with Crippen LogP contribution < -0.4 is 0 Å². The van der Waals surface area contributed by atoms with E-state index in [0.717, 1.165) is 15.0 Å². The van der Waals surface area contributed by atoms with Crippen molar-refractivity contribution in [1.29, 1.82) is 0 Å². The molecular weight excluding hydrogens is 223 g/mol. The van der Waals surface area contributed by atoms with Gasteiger partial charge in [0, 0.05) is 0 Å². The Morgan fingerprint density at radius 3 is 2.15 bits per heavy atom. The van der Waals surface area contributed by atoms with Gasteiger partial charge in [-0.05, 0) is 0 Å². The summed E-state index contributed by atoms with van der Waals surface area (Å²) in [5.74, 6) is 0. The van der Waals surface area contributed by atoms with Crippen molar-refractivity contribution in [2.75, 3.05) is 0 Å². The molecule has 0 amide bonds. The SMILES string of the molecule is CCCC[Se]/C(C)=C(\C)CCCC. The Morgan fingerprint density at radius 1 is 1.00 bits per heavy atom. The molecule has 0 aromatic heterocycles. The topological polar surface area (TPSA) is 0 Å². The van der Waals surface area contributed by atoms with Gasteiger partial charge in [0.2, 0.25) is 0 Å². The summed E-state index contributed by atoms with van der Waals surface area (Å²) in [5.41, 5.74) is 1.66. The maximum atomic E-state index is 2.33.